The molecule has 1 atom stereocenters. The first-order valence-corrected chi connectivity index (χ1v) is 13.6. The average Bonchev–Trinajstić information content (AvgIpc) is 3.21. The molecular weight excluding hydrogens is 464 g/mol. The molecule has 1 aliphatic heterocycles. The summed E-state index contributed by atoms with van der Waals surface area (Å²) in [6, 6.07) is 4.06. The van der Waals surface area contributed by atoms with Crippen LogP contribution in [0.25, 0.3) is 0 Å². The summed E-state index contributed by atoms with van der Waals surface area (Å²) in [6.45, 7) is 12.4. The van der Waals surface area contributed by atoms with Crippen LogP contribution in [0.1, 0.15) is 67.0 Å². The number of ether oxygens (including phenoxy) is 2. The van der Waals surface area contributed by atoms with Crippen molar-refractivity contribution >= 4 is 5.91 Å². The van der Waals surface area contributed by atoms with Crippen LogP contribution in [0.5, 0.6) is 11.5 Å². The Bertz CT molecular complexity index is 1180. The predicted octanol–water partition coefficient (Wildman–Crippen LogP) is 5.96. The maximum Gasteiger partial charge on any atom is 0.253 e. The van der Waals surface area contributed by atoms with Gasteiger partial charge in [0.1, 0.15) is 17.3 Å². The molecule has 1 fully saturated rings. The van der Waals surface area contributed by atoms with E-state index in [0.717, 1.165) is 72.9 Å². The van der Waals surface area contributed by atoms with Gasteiger partial charge in [-0.1, -0.05) is 19.1 Å². The van der Waals surface area contributed by atoms with Crippen LogP contribution in [0, 0.1) is 13.8 Å². The second-order valence-electron chi connectivity index (χ2n) is 10.2. The Labute approximate surface area is 221 Å². The first-order chi connectivity index (χ1) is 17.9. The topological polar surface area (TPSA) is 55.2 Å². The van der Waals surface area contributed by atoms with Crippen molar-refractivity contribution in [3.8, 4) is 11.5 Å². The van der Waals surface area contributed by atoms with E-state index in [0.29, 0.717) is 19.5 Å². The zero-order valence-corrected chi connectivity index (χ0v) is 23.4. The molecule has 200 valence electrons. The number of amides is 1. The lowest BCUT2D eigenvalue weighted by Gasteiger charge is -2.31. The molecule has 4 rings (SSSR count). The number of aryl methyl sites for hydroxylation is 1. The Morgan fingerprint density at radius 3 is 2.54 bits per heavy atom. The van der Waals surface area contributed by atoms with Crippen molar-refractivity contribution < 1.29 is 18.7 Å². The Kier molecular flexibility index (Phi) is 8.80. The monoisotopic (exact) mass is 506 g/mol. The van der Waals surface area contributed by atoms with E-state index >= 15 is 0 Å². The van der Waals surface area contributed by atoms with Gasteiger partial charge in [-0.05, 0) is 81.3 Å². The largest absolute Gasteiger partial charge is 0.497 e. The van der Waals surface area contributed by atoms with Crippen LogP contribution in [-0.2, 0) is 17.8 Å². The van der Waals surface area contributed by atoms with Crippen molar-refractivity contribution in [3.05, 3.63) is 69.7 Å². The molecule has 1 aromatic heterocycles. The van der Waals surface area contributed by atoms with Crippen molar-refractivity contribution in [2.24, 2.45) is 0 Å². The minimum absolute atomic E-state index is 0.133. The minimum Gasteiger partial charge on any atom is -0.497 e. The number of hydrogen-bond acceptors (Lipinski definition) is 5. The van der Waals surface area contributed by atoms with Crippen LogP contribution in [0.2, 0.25) is 0 Å². The van der Waals surface area contributed by atoms with Crippen LogP contribution in [0.3, 0.4) is 0 Å². The zero-order chi connectivity index (χ0) is 26.5. The average molecular weight is 507 g/mol. The van der Waals surface area contributed by atoms with E-state index in [4.69, 9.17) is 13.9 Å². The summed E-state index contributed by atoms with van der Waals surface area (Å²) in [6.07, 6.45) is 9.78. The highest BCUT2D eigenvalue weighted by molar-refractivity contribution is 5.98. The number of nitrogens with zero attached hydrogens (tertiary/aromatic N) is 2. The fourth-order valence-corrected chi connectivity index (χ4v) is 5.57. The lowest BCUT2D eigenvalue weighted by molar-refractivity contribution is -0.127. The molecule has 2 aliphatic rings. The molecule has 1 amide bonds. The van der Waals surface area contributed by atoms with Gasteiger partial charge in [-0.25, -0.2) is 0 Å². The molecule has 6 nitrogen and oxygen atoms in total. The van der Waals surface area contributed by atoms with Crippen LogP contribution in [0.15, 0.2) is 46.1 Å². The molecule has 0 bridgehead atoms. The summed E-state index contributed by atoms with van der Waals surface area (Å²) in [4.78, 5) is 18.3. The normalized spacial score (nSPS) is 22.1. The van der Waals surface area contributed by atoms with E-state index < -0.39 is 0 Å². The molecule has 1 unspecified atom stereocenters. The highest BCUT2D eigenvalue weighted by Gasteiger charge is 2.27. The first kappa shape index (κ1) is 27.1. The summed E-state index contributed by atoms with van der Waals surface area (Å²) in [5.74, 6) is 2.97. The SMILES string of the molecule is CCC1/C=C2/CCCN(Cc3occ(C)c3C)CCN(CC)C(=O)/C2=C/Cc2cc(OC)cc(OC)c21. The van der Waals surface area contributed by atoms with E-state index in [1.54, 1.807) is 14.2 Å². The van der Waals surface area contributed by atoms with E-state index in [2.05, 4.69) is 50.8 Å². The third-order valence-corrected chi connectivity index (χ3v) is 8.00. The number of benzene rings is 1. The standard InChI is InChI=1S/C31H42N2O4/c1-7-23-16-24-10-9-13-32(19-29-22(4)21(3)20-37-29)14-15-33(8-2)31(34)27(24)12-11-25-17-26(35-5)18-28(36-6)30(23)25/h12,16-18,20,23H,7-11,13-15,19H2,1-6H3/b24-16-,27-12+. The van der Waals surface area contributed by atoms with Crippen molar-refractivity contribution in [1.82, 2.24) is 9.80 Å². The molecule has 1 aliphatic carbocycles. The smallest absolute Gasteiger partial charge is 0.253 e. The molecule has 2 aromatic rings. The quantitative estimate of drug-likeness (QED) is 0.484. The van der Waals surface area contributed by atoms with Crippen molar-refractivity contribution in [2.45, 2.75) is 65.8 Å². The van der Waals surface area contributed by atoms with Crippen LogP contribution in [-0.4, -0.2) is 56.1 Å². The third-order valence-electron chi connectivity index (χ3n) is 8.00. The lowest BCUT2D eigenvalue weighted by Crippen LogP contribution is -2.40. The van der Waals surface area contributed by atoms with Crippen LogP contribution in [0.4, 0.5) is 0 Å². The van der Waals surface area contributed by atoms with Crippen LogP contribution >= 0.6 is 0 Å². The Balaban J connectivity index is 1.69. The summed E-state index contributed by atoms with van der Waals surface area (Å²) in [5, 5.41) is 0. The zero-order valence-electron chi connectivity index (χ0n) is 23.4. The van der Waals surface area contributed by atoms with Gasteiger partial charge in [0.2, 0.25) is 0 Å². The number of rotatable bonds is 6. The van der Waals surface area contributed by atoms with Gasteiger partial charge >= 0.3 is 0 Å². The molecule has 37 heavy (non-hydrogen) atoms. The summed E-state index contributed by atoms with van der Waals surface area (Å²) in [5.41, 5.74) is 6.80. The van der Waals surface area contributed by atoms with Gasteiger partial charge in [0.05, 0.1) is 27.0 Å². The Morgan fingerprint density at radius 2 is 1.89 bits per heavy atom. The van der Waals surface area contributed by atoms with Gasteiger partial charge in [0, 0.05) is 42.8 Å². The number of carbonyl (C=O) groups is 1. The molecule has 0 radical (unpaired) electrons. The summed E-state index contributed by atoms with van der Waals surface area (Å²) in [7, 11) is 3.40. The Morgan fingerprint density at radius 1 is 1.08 bits per heavy atom. The number of allylic oxidation sites excluding steroid dienone is 2. The van der Waals surface area contributed by atoms with Gasteiger partial charge in [-0.3, -0.25) is 9.69 Å². The minimum atomic E-state index is 0.133. The maximum absolute atomic E-state index is 13.9. The van der Waals surface area contributed by atoms with Crippen LogP contribution < -0.4 is 9.47 Å². The Hall–Kier alpha value is -2.99. The van der Waals surface area contributed by atoms with Gasteiger partial charge in [0.25, 0.3) is 5.91 Å². The molecule has 0 saturated carbocycles. The summed E-state index contributed by atoms with van der Waals surface area (Å²) >= 11 is 0. The molecular formula is C31H42N2O4. The van der Waals surface area contributed by atoms with Crippen molar-refractivity contribution in [3.63, 3.8) is 0 Å². The van der Waals surface area contributed by atoms with Gasteiger partial charge in [-0.2, -0.15) is 0 Å². The van der Waals surface area contributed by atoms with E-state index in [1.165, 1.54) is 16.7 Å². The molecule has 1 aromatic carbocycles. The second-order valence-corrected chi connectivity index (χ2v) is 10.2. The number of hydrogen-bond donors (Lipinski definition) is 0. The lowest BCUT2D eigenvalue weighted by atomic mass is 9.83. The maximum atomic E-state index is 13.9. The molecule has 6 heteroatoms. The fourth-order valence-electron chi connectivity index (χ4n) is 5.57. The van der Waals surface area contributed by atoms with Crippen molar-refractivity contribution in [1.29, 1.82) is 0 Å². The highest BCUT2D eigenvalue weighted by Crippen LogP contribution is 2.40. The van der Waals surface area contributed by atoms with E-state index in [9.17, 15) is 4.79 Å². The second kappa shape index (κ2) is 12.0. The highest BCUT2D eigenvalue weighted by atomic mass is 16.5. The fraction of sp³-hybridized carbons (Fsp3) is 0.516. The first-order valence-electron chi connectivity index (χ1n) is 13.6. The molecule has 0 spiro atoms. The number of furan rings is 1. The van der Waals surface area contributed by atoms with E-state index in [1.807, 2.05) is 17.2 Å². The number of fused-ring (bicyclic) bond motifs is 2. The van der Waals surface area contributed by atoms with Crippen molar-refractivity contribution in [2.75, 3.05) is 40.4 Å². The molecule has 0 N–H and O–H groups in total. The predicted molar refractivity (Wildman–Crippen MR) is 147 cm³/mol. The number of likely N-dealkylation sites (N-methyl/N-ethyl adjacent to an activating group) is 1. The molecule has 2 heterocycles. The number of carbonyl (C=O) groups excluding carboxylic acids is 1. The summed E-state index contributed by atoms with van der Waals surface area (Å²) < 4.78 is 17.2. The molecule has 1 saturated heterocycles. The van der Waals surface area contributed by atoms with E-state index in [-0.39, 0.29) is 11.8 Å². The van der Waals surface area contributed by atoms with Gasteiger partial charge in [-0.15, -0.1) is 0 Å². The van der Waals surface area contributed by atoms with Gasteiger partial charge < -0.3 is 18.8 Å². The van der Waals surface area contributed by atoms with Gasteiger partial charge in [0.15, 0.2) is 0 Å². The number of methoxy groups -OCH3 is 2. The third kappa shape index (κ3) is 5.80.